The molecule has 5 heteroatoms. The fourth-order valence-corrected chi connectivity index (χ4v) is 4.33. The molecule has 0 saturated carbocycles. The van der Waals surface area contributed by atoms with Gasteiger partial charge in [0.25, 0.3) is 0 Å². The molecule has 22 heavy (non-hydrogen) atoms. The van der Waals surface area contributed by atoms with Crippen molar-refractivity contribution in [1.29, 1.82) is 0 Å². The van der Waals surface area contributed by atoms with Gasteiger partial charge in [0.15, 0.2) is 0 Å². The van der Waals surface area contributed by atoms with Crippen molar-refractivity contribution >= 4 is 23.8 Å². The number of aromatic nitrogens is 2. The fourth-order valence-electron chi connectivity index (χ4n) is 3.92. The Labute approximate surface area is 140 Å². The van der Waals surface area contributed by atoms with Crippen molar-refractivity contribution in [2.45, 2.75) is 19.4 Å². The number of piperidine rings is 3. The molecule has 116 valence electrons. The molecule has 1 N–H and O–H groups in total. The van der Waals surface area contributed by atoms with Crippen LogP contribution in [-0.2, 0) is 6.54 Å². The molecule has 1 aromatic heterocycles. The first-order valence-electron chi connectivity index (χ1n) is 7.97. The predicted molar refractivity (Wildman–Crippen MR) is 92.7 cm³/mol. The number of halogens is 1. The van der Waals surface area contributed by atoms with Crippen LogP contribution in [0, 0.1) is 16.5 Å². The third kappa shape index (κ3) is 2.75. The van der Waals surface area contributed by atoms with E-state index in [2.05, 4.69) is 20.9 Å². The molecule has 3 nitrogen and oxygen atoms in total. The summed E-state index contributed by atoms with van der Waals surface area (Å²) in [5, 5.41) is 4.10. The predicted octanol–water partition coefficient (Wildman–Crippen LogP) is 4.21. The Kier molecular flexibility index (Phi) is 3.84. The first-order valence-corrected chi connectivity index (χ1v) is 8.75. The maximum atomic E-state index is 5.97. The highest BCUT2D eigenvalue weighted by Gasteiger charge is 2.34. The van der Waals surface area contributed by atoms with Crippen LogP contribution in [0.1, 0.15) is 12.8 Å². The highest BCUT2D eigenvalue weighted by Crippen LogP contribution is 2.33. The number of rotatable bonds is 3. The van der Waals surface area contributed by atoms with Crippen LogP contribution in [-0.4, -0.2) is 34.3 Å². The van der Waals surface area contributed by atoms with Gasteiger partial charge in [-0.05, 0) is 55.5 Å². The van der Waals surface area contributed by atoms with Crippen LogP contribution in [0.15, 0.2) is 30.5 Å². The Bertz CT molecular complexity index is 710. The first kappa shape index (κ1) is 14.5. The minimum Gasteiger partial charge on any atom is -0.303 e. The van der Waals surface area contributed by atoms with Gasteiger partial charge in [0.2, 0.25) is 0 Å². The van der Waals surface area contributed by atoms with Gasteiger partial charge < -0.3 is 4.90 Å². The van der Waals surface area contributed by atoms with Crippen LogP contribution >= 0.6 is 23.8 Å². The molecule has 1 atom stereocenters. The number of hydrogen-bond donors (Lipinski definition) is 1. The Morgan fingerprint density at radius 1 is 1.18 bits per heavy atom. The normalized spacial score (nSPS) is 27.2. The molecular weight excluding hydrogens is 314 g/mol. The Morgan fingerprint density at radius 2 is 1.91 bits per heavy atom. The molecule has 2 aromatic rings. The van der Waals surface area contributed by atoms with Gasteiger partial charge in [-0.15, -0.1) is 0 Å². The van der Waals surface area contributed by atoms with Crippen molar-refractivity contribution in [2.24, 2.45) is 11.8 Å². The van der Waals surface area contributed by atoms with Gasteiger partial charge in [0.1, 0.15) is 4.64 Å². The lowest BCUT2D eigenvalue weighted by Gasteiger charge is -2.44. The maximum absolute atomic E-state index is 5.97. The van der Waals surface area contributed by atoms with Gasteiger partial charge in [0, 0.05) is 29.9 Å². The molecule has 0 amide bonds. The van der Waals surface area contributed by atoms with Gasteiger partial charge >= 0.3 is 0 Å². The van der Waals surface area contributed by atoms with Crippen molar-refractivity contribution in [3.8, 4) is 11.1 Å². The summed E-state index contributed by atoms with van der Waals surface area (Å²) in [6, 6.07) is 7.88. The van der Waals surface area contributed by atoms with Gasteiger partial charge in [-0.3, -0.25) is 9.78 Å². The molecule has 3 aliphatic heterocycles. The van der Waals surface area contributed by atoms with Crippen LogP contribution in [0.3, 0.4) is 0 Å². The number of nitrogens with zero attached hydrogens (tertiary/aromatic N) is 2. The van der Waals surface area contributed by atoms with Crippen molar-refractivity contribution in [3.05, 3.63) is 40.1 Å². The lowest BCUT2D eigenvalue weighted by atomic mass is 9.79. The molecule has 3 saturated heterocycles. The molecule has 3 aliphatic rings. The van der Waals surface area contributed by atoms with E-state index < -0.39 is 0 Å². The lowest BCUT2D eigenvalue weighted by Crippen LogP contribution is -2.48. The highest BCUT2D eigenvalue weighted by atomic mass is 35.5. The number of fused-ring (bicyclic) bond motifs is 3. The molecule has 0 radical (unpaired) electrons. The van der Waals surface area contributed by atoms with Gasteiger partial charge in [-0.25, -0.2) is 0 Å². The third-order valence-corrected chi connectivity index (χ3v) is 5.72. The first-order chi connectivity index (χ1) is 10.7. The number of H-pyrrole nitrogens is 1. The van der Waals surface area contributed by atoms with E-state index in [0.29, 0.717) is 0 Å². The molecule has 0 aliphatic carbocycles. The zero-order valence-electron chi connectivity index (χ0n) is 12.5. The maximum Gasteiger partial charge on any atom is 0.127 e. The fraction of sp³-hybridized carbons (Fsp3) is 0.471. The van der Waals surface area contributed by atoms with Crippen LogP contribution in [0.5, 0.6) is 0 Å². The SMILES string of the molecule is S=c1[nH]n(CC2CN3CCC2CC3)cc1-c1ccc(Cl)cc1. The topological polar surface area (TPSA) is 24.0 Å². The van der Waals surface area contributed by atoms with Gasteiger partial charge in [-0.2, -0.15) is 0 Å². The van der Waals surface area contributed by atoms with Crippen LogP contribution < -0.4 is 0 Å². The molecule has 3 fully saturated rings. The summed E-state index contributed by atoms with van der Waals surface area (Å²) in [5.74, 6) is 1.63. The number of hydrogen-bond acceptors (Lipinski definition) is 2. The van der Waals surface area contributed by atoms with E-state index in [1.54, 1.807) is 0 Å². The van der Waals surface area contributed by atoms with Gasteiger partial charge in [0.05, 0.1) is 0 Å². The van der Waals surface area contributed by atoms with Crippen LogP contribution in [0.25, 0.3) is 11.1 Å². The summed E-state index contributed by atoms with van der Waals surface area (Å²) in [5.41, 5.74) is 2.21. The molecule has 2 bridgehead atoms. The minimum absolute atomic E-state index is 0.749. The van der Waals surface area contributed by atoms with Gasteiger partial charge in [-0.1, -0.05) is 36.0 Å². The van der Waals surface area contributed by atoms with Crippen LogP contribution in [0.2, 0.25) is 5.02 Å². The average Bonchev–Trinajstić information content (AvgIpc) is 2.90. The van der Waals surface area contributed by atoms with Crippen molar-refractivity contribution in [2.75, 3.05) is 19.6 Å². The van der Waals surface area contributed by atoms with E-state index in [0.717, 1.165) is 39.2 Å². The minimum atomic E-state index is 0.749. The van der Waals surface area contributed by atoms with E-state index in [1.165, 1.54) is 32.5 Å². The zero-order chi connectivity index (χ0) is 15.1. The van der Waals surface area contributed by atoms with Crippen LogP contribution in [0.4, 0.5) is 0 Å². The zero-order valence-corrected chi connectivity index (χ0v) is 14.0. The average molecular weight is 334 g/mol. The summed E-state index contributed by atoms with van der Waals surface area (Å²) >= 11 is 11.5. The second-order valence-corrected chi connectivity index (χ2v) is 7.39. The summed E-state index contributed by atoms with van der Waals surface area (Å²) in [4.78, 5) is 2.60. The Balaban J connectivity index is 1.55. The van der Waals surface area contributed by atoms with E-state index in [4.69, 9.17) is 23.8 Å². The monoisotopic (exact) mass is 333 g/mol. The number of benzene rings is 1. The van der Waals surface area contributed by atoms with Crippen molar-refractivity contribution < 1.29 is 0 Å². The summed E-state index contributed by atoms with van der Waals surface area (Å²) in [6.07, 6.45) is 4.87. The summed E-state index contributed by atoms with van der Waals surface area (Å²) < 4.78 is 2.99. The quantitative estimate of drug-likeness (QED) is 0.851. The second-order valence-electron chi connectivity index (χ2n) is 6.54. The summed E-state index contributed by atoms with van der Waals surface area (Å²) in [7, 11) is 0. The lowest BCUT2D eigenvalue weighted by molar-refractivity contribution is 0.0405. The number of nitrogens with one attached hydrogen (secondary N) is 1. The van der Waals surface area contributed by atoms with E-state index in [1.807, 2.05) is 24.3 Å². The molecule has 4 heterocycles. The van der Waals surface area contributed by atoms with E-state index in [-0.39, 0.29) is 0 Å². The second kappa shape index (κ2) is 5.84. The largest absolute Gasteiger partial charge is 0.303 e. The Morgan fingerprint density at radius 3 is 2.55 bits per heavy atom. The standard InChI is InChI=1S/C17H20ClN3S/c18-15-3-1-13(2-4-15)16-11-21(19-17(16)22)10-14-9-20-7-5-12(14)6-8-20/h1-4,11-12,14H,5-10H2,(H,19,22). The van der Waals surface area contributed by atoms with Crippen molar-refractivity contribution in [3.63, 3.8) is 0 Å². The van der Waals surface area contributed by atoms with Crippen molar-refractivity contribution in [1.82, 2.24) is 14.7 Å². The van der Waals surface area contributed by atoms with E-state index >= 15 is 0 Å². The smallest absolute Gasteiger partial charge is 0.127 e. The molecule has 1 unspecified atom stereocenters. The summed E-state index contributed by atoms with van der Waals surface area (Å²) in [6.45, 7) is 4.86. The Hall–Kier alpha value is -1.10. The third-order valence-electron chi connectivity index (χ3n) is 5.15. The number of aromatic amines is 1. The highest BCUT2D eigenvalue weighted by molar-refractivity contribution is 7.71. The molecular formula is C17H20ClN3S. The van der Waals surface area contributed by atoms with E-state index in [9.17, 15) is 0 Å². The molecule has 1 aromatic carbocycles. The molecule has 5 rings (SSSR count). The molecule has 0 spiro atoms.